The zero-order valence-corrected chi connectivity index (χ0v) is 34.9. The molecule has 2 amide bonds. The number of hydrogen-bond acceptors (Lipinski definition) is 8. The summed E-state index contributed by atoms with van der Waals surface area (Å²) in [7, 11) is 0. The molecule has 2 N–H and O–H groups in total. The van der Waals surface area contributed by atoms with Crippen LogP contribution in [0, 0.1) is 0 Å². The molecule has 0 spiro atoms. The van der Waals surface area contributed by atoms with E-state index in [1.54, 1.807) is 10.6 Å². The van der Waals surface area contributed by atoms with Gasteiger partial charge in [-0.1, -0.05) is 90.6 Å². The molecule has 0 radical (unpaired) electrons. The first kappa shape index (κ1) is 41.8. The van der Waals surface area contributed by atoms with E-state index in [1.807, 2.05) is 47.4 Å². The maximum atomic E-state index is 13.4. The van der Waals surface area contributed by atoms with E-state index in [1.165, 1.54) is 52.2 Å². The van der Waals surface area contributed by atoms with Crippen molar-refractivity contribution in [1.82, 2.24) is 24.8 Å². The highest BCUT2D eigenvalue weighted by Gasteiger charge is 2.34. The van der Waals surface area contributed by atoms with E-state index in [9.17, 15) is 27.9 Å². The summed E-state index contributed by atoms with van der Waals surface area (Å²) in [6, 6.07) is 39.4. The predicted octanol–water partition coefficient (Wildman–Crippen LogP) is 9.83. The molecule has 1 fully saturated rings. The highest BCUT2D eigenvalue weighted by atomic mass is 32.2. The summed E-state index contributed by atoms with van der Waals surface area (Å²) < 4.78 is 51.0. The summed E-state index contributed by atoms with van der Waals surface area (Å²) in [6.45, 7) is 1.13. The summed E-state index contributed by atoms with van der Waals surface area (Å²) >= 11 is 1.40. The van der Waals surface area contributed by atoms with Crippen molar-refractivity contribution < 1.29 is 37.3 Å². The molecule has 7 aromatic rings. The molecule has 3 heterocycles. The summed E-state index contributed by atoms with van der Waals surface area (Å²) in [5, 5.41) is 19.0. The van der Waals surface area contributed by atoms with Crippen LogP contribution in [0.4, 0.5) is 13.2 Å². The van der Waals surface area contributed by atoms with Gasteiger partial charge in [0.15, 0.2) is 5.16 Å². The van der Waals surface area contributed by atoms with E-state index in [4.69, 9.17) is 9.72 Å². The van der Waals surface area contributed by atoms with Crippen LogP contribution in [0.2, 0.25) is 0 Å². The Hall–Kier alpha value is -6.54. The van der Waals surface area contributed by atoms with E-state index >= 15 is 0 Å². The molecule has 2 atom stereocenters. The van der Waals surface area contributed by atoms with Crippen molar-refractivity contribution in [3.8, 4) is 17.2 Å². The standard InChI is InChI=1S/C49H44F3N5O5S/c50-49(51,52)62-44-13-7-5-11-41(44)47(60)53-30-34-29-43-40-10-4-6-12-42(40)54-48(57(43)55-34)63-27-24-45(59)56-25-22-37(23-26-56)61-36-18-14-32(15-19-36)46-38(31-8-2-1-3-9-31)20-16-33-28-35(58)17-21-39(33)46/h1-15,17-19,21,28-29,37-38,46,58H,16,20,22-27,30H2,(H,53,60)/t38-,46+/m1/s1. The van der Waals surface area contributed by atoms with Gasteiger partial charge in [0.05, 0.1) is 28.8 Å². The molecule has 1 saturated heterocycles. The Morgan fingerprint density at radius 2 is 1.59 bits per heavy atom. The van der Waals surface area contributed by atoms with Gasteiger partial charge < -0.3 is 24.8 Å². The van der Waals surface area contributed by atoms with Crippen molar-refractivity contribution in [2.75, 3.05) is 18.8 Å². The number of nitrogens with one attached hydrogen (secondary N) is 1. The number of fused-ring (bicyclic) bond motifs is 4. The smallest absolute Gasteiger partial charge is 0.508 e. The van der Waals surface area contributed by atoms with Gasteiger partial charge in [-0.15, -0.1) is 13.2 Å². The molecule has 9 rings (SSSR count). The lowest BCUT2D eigenvalue weighted by molar-refractivity contribution is -0.274. The average molecular weight is 872 g/mol. The van der Waals surface area contributed by atoms with Crippen LogP contribution in [-0.2, 0) is 17.8 Å². The number of piperidine rings is 1. The van der Waals surface area contributed by atoms with Gasteiger partial charge in [-0.05, 0) is 89.5 Å². The van der Waals surface area contributed by atoms with Crippen LogP contribution in [0.1, 0.15) is 75.8 Å². The van der Waals surface area contributed by atoms with Gasteiger partial charge in [0, 0.05) is 49.4 Å². The second-order valence-electron chi connectivity index (χ2n) is 15.9. The first-order valence-corrected chi connectivity index (χ1v) is 22.0. The number of carbonyl (C=O) groups is 2. The van der Waals surface area contributed by atoms with Gasteiger partial charge in [-0.25, -0.2) is 9.50 Å². The topological polar surface area (TPSA) is 118 Å². The summed E-state index contributed by atoms with van der Waals surface area (Å²) in [4.78, 5) is 33.1. The Labute approximate surface area is 366 Å². The maximum Gasteiger partial charge on any atom is 0.573 e. The molecule has 14 heteroatoms. The molecule has 2 aromatic heterocycles. The Morgan fingerprint density at radius 1 is 0.841 bits per heavy atom. The molecule has 5 aromatic carbocycles. The third-order valence-electron chi connectivity index (χ3n) is 11.8. The monoisotopic (exact) mass is 871 g/mol. The molecule has 322 valence electrons. The van der Waals surface area contributed by atoms with Crippen LogP contribution in [0.25, 0.3) is 16.4 Å². The molecule has 1 aliphatic heterocycles. The summed E-state index contributed by atoms with van der Waals surface area (Å²) in [5.41, 5.74) is 6.67. The molecule has 0 saturated carbocycles. The number of rotatable bonds is 12. The predicted molar refractivity (Wildman–Crippen MR) is 234 cm³/mol. The van der Waals surface area contributed by atoms with Crippen molar-refractivity contribution in [2.24, 2.45) is 0 Å². The third kappa shape index (κ3) is 9.46. The minimum atomic E-state index is -4.95. The number of aryl methyl sites for hydroxylation is 1. The number of halogens is 3. The zero-order valence-electron chi connectivity index (χ0n) is 34.1. The first-order chi connectivity index (χ1) is 30.6. The SMILES string of the molecule is O=C(NCc1cc2c3ccccc3nc(SCCC(=O)N3CCC(Oc4ccc([C@@H]5c6ccc(O)cc6CC[C@@H]5c5ccccc5)cc4)CC3)n2n1)c1ccccc1OC(F)(F)F. The van der Waals surface area contributed by atoms with Crippen LogP contribution in [-0.4, -0.2) is 67.7 Å². The fourth-order valence-corrected chi connectivity index (χ4v) is 9.74. The number of para-hydroxylation sites is 2. The number of amides is 2. The quantitative estimate of drug-likeness (QED) is 0.0921. The van der Waals surface area contributed by atoms with Crippen molar-refractivity contribution in [3.05, 3.63) is 161 Å². The summed E-state index contributed by atoms with van der Waals surface area (Å²) in [5.74, 6) is 0.747. The van der Waals surface area contributed by atoms with E-state index in [-0.39, 0.29) is 30.0 Å². The fraction of sp³-hybridized carbons (Fsp3) is 0.265. The largest absolute Gasteiger partial charge is 0.573 e. The number of carbonyl (C=O) groups excluding carboxylic acids is 2. The van der Waals surface area contributed by atoms with E-state index in [0.29, 0.717) is 47.8 Å². The van der Waals surface area contributed by atoms with Crippen LogP contribution in [0.3, 0.4) is 0 Å². The van der Waals surface area contributed by atoms with Gasteiger partial charge in [0.25, 0.3) is 5.91 Å². The second-order valence-corrected chi connectivity index (χ2v) is 16.9. The Bertz CT molecular complexity index is 2760. The van der Waals surface area contributed by atoms with Crippen molar-refractivity contribution in [3.63, 3.8) is 0 Å². The number of phenolic OH excluding ortho intramolecular Hbond substituents is 1. The molecule has 0 bridgehead atoms. The molecule has 1 aliphatic carbocycles. The van der Waals surface area contributed by atoms with Crippen molar-refractivity contribution in [1.29, 1.82) is 0 Å². The molecule has 10 nitrogen and oxygen atoms in total. The van der Waals surface area contributed by atoms with Gasteiger partial charge in [-0.2, -0.15) is 5.10 Å². The zero-order chi connectivity index (χ0) is 43.5. The molecule has 0 unspecified atom stereocenters. The van der Waals surface area contributed by atoms with Gasteiger partial charge in [-0.3, -0.25) is 9.59 Å². The highest BCUT2D eigenvalue weighted by molar-refractivity contribution is 7.99. The third-order valence-corrected chi connectivity index (χ3v) is 12.8. The number of phenols is 1. The van der Waals surface area contributed by atoms with E-state index in [2.05, 4.69) is 69.7 Å². The lowest BCUT2D eigenvalue weighted by atomic mass is 9.69. The van der Waals surface area contributed by atoms with Crippen molar-refractivity contribution >= 4 is 40.0 Å². The Balaban J connectivity index is 0.799. The first-order valence-electron chi connectivity index (χ1n) is 21.0. The second kappa shape index (κ2) is 18.1. The maximum absolute atomic E-state index is 13.4. The average Bonchev–Trinajstić information content (AvgIpc) is 3.73. The number of likely N-dealkylation sites (tertiary alicyclic amines) is 1. The number of alkyl halides is 3. The number of aromatic hydroxyl groups is 1. The number of nitrogens with zero attached hydrogens (tertiary/aromatic N) is 4. The van der Waals surface area contributed by atoms with Crippen molar-refractivity contribution in [2.45, 2.75) is 68.1 Å². The molecular formula is C49H44F3N5O5S. The lowest BCUT2D eigenvalue weighted by Crippen LogP contribution is -2.41. The normalized spacial score (nSPS) is 16.8. The summed E-state index contributed by atoms with van der Waals surface area (Å²) in [6.07, 6.45) is -1.31. The Morgan fingerprint density at radius 3 is 2.38 bits per heavy atom. The fourth-order valence-electron chi connectivity index (χ4n) is 8.85. The Kier molecular flexibility index (Phi) is 12.0. The van der Waals surface area contributed by atoms with Crippen LogP contribution < -0.4 is 14.8 Å². The van der Waals surface area contributed by atoms with Crippen LogP contribution >= 0.6 is 11.8 Å². The highest BCUT2D eigenvalue weighted by Crippen LogP contribution is 2.47. The number of ether oxygens (including phenoxy) is 2. The molecule has 63 heavy (non-hydrogen) atoms. The van der Waals surface area contributed by atoms with Gasteiger partial charge >= 0.3 is 6.36 Å². The van der Waals surface area contributed by atoms with Crippen LogP contribution in [0.15, 0.2) is 133 Å². The van der Waals surface area contributed by atoms with Gasteiger partial charge in [0.2, 0.25) is 5.91 Å². The van der Waals surface area contributed by atoms with Gasteiger partial charge in [0.1, 0.15) is 23.4 Å². The van der Waals surface area contributed by atoms with E-state index in [0.717, 1.165) is 53.9 Å². The minimum Gasteiger partial charge on any atom is -0.508 e. The number of benzene rings is 5. The molecule has 2 aliphatic rings. The number of hydrogen-bond donors (Lipinski definition) is 2. The number of thioether (sulfide) groups is 1. The van der Waals surface area contributed by atoms with Crippen LogP contribution in [0.5, 0.6) is 17.2 Å². The minimum absolute atomic E-state index is 0.0124. The lowest BCUT2D eigenvalue weighted by Gasteiger charge is -2.35. The molecular weight excluding hydrogens is 828 g/mol. The number of aromatic nitrogens is 3. The van der Waals surface area contributed by atoms with E-state index < -0.39 is 18.0 Å².